The molecule has 3 unspecified atom stereocenters. The number of Topliss-reactive ketones (excluding diaryl/α,β-unsaturated/α-hetero) is 2. The molecule has 1 aliphatic carbocycles. The lowest BCUT2D eigenvalue weighted by Gasteiger charge is -2.37. The summed E-state index contributed by atoms with van der Waals surface area (Å²) < 4.78 is 32.5. The number of amides is 1. The van der Waals surface area contributed by atoms with Gasteiger partial charge in [0.1, 0.15) is 11.6 Å². The van der Waals surface area contributed by atoms with E-state index >= 15 is 0 Å². The minimum absolute atomic E-state index is 0.0172. The van der Waals surface area contributed by atoms with Crippen molar-refractivity contribution in [3.8, 4) is 0 Å². The largest absolute Gasteiger partial charge is 0.444 e. The zero-order valence-corrected chi connectivity index (χ0v) is 21.4. The number of nitrogens with zero attached hydrogens (tertiary/aromatic N) is 1. The molecule has 0 saturated carbocycles. The Morgan fingerprint density at radius 1 is 1.03 bits per heavy atom. The molecule has 0 N–H and O–H groups in total. The molecular formula is C28H29NO6S. The Kier molecular flexibility index (Phi) is 5.70. The highest BCUT2D eigenvalue weighted by Gasteiger charge is 2.72. The van der Waals surface area contributed by atoms with Crippen molar-refractivity contribution in [2.24, 2.45) is 0 Å². The number of carbonyl (C=O) groups is 3. The van der Waals surface area contributed by atoms with Gasteiger partial charge >= 0.3 is 6.09 Å². The number of ketones is 2. The first-order valence-corrected chi connectivity index (χ1v) is 13.6. The summed E-state index contributed by atoms with van der Waals surface area (Å²) in [7, 11) is -4.35. The summed E-state index contributed by atoms with van der Waals surface area (Å²) in [4.78, 5) is 42.0. The highest BCUT2D eigenvalue weighted by Crippen LogP contribution is 2.62. The third-order valence-corrected chi connectivity index (χ3v) is 9.62. The van der Waals surface area contributed by atoms with Crippen LogP contribution in [0.4, 0.5) is 4.79 Å². The maximum absolute atomic E-state index is 14.5. The maximum atomic E-state index is 14.5. The number of allylic oxidation sites excluding steroid dienone is 2. The summed E-state index contributed by atoms with van der Waals surface area (Å²) in [5, 5.41) is 0. The van der Waals surface area contributed by atoms with Crippen molar-refractivity contribution in [3.63, 3.8) is 0 Å². The zero-order valence-electron chi connectivity index (χ0n) is 20.6. The van der Waals surface area contributed by atoms with Crippen LogP contribution in [0.25, 0.3) is 0 Å². The van der Waals surface area contributed by atoms with Crippen molar-refractivity contribution in [2.45, 2.75) is 73.8 Å². The Hall–Kier alpha value is -3.26. The van der Waals surface area contributed by atoms with E-state index in [0.717, 1.165) is 0 Å². The van der Waals surface area contributed by atoms with Crippen LogP contribution in [0.2, 0.25) is 0 Å². The lowest BCUT2D eigenvalue weighted by Crippen LogP contribution is -2.51. The summed E-state index contributed by atoms with van der Waals surface area (Å²) in [5.74, 6) is -0.753. The number of hydrogen-bond acceptors (Lipinski definition) is 6. The van der Waals surface area contributed by atoms with Gasteiger partial charge in [0.25, 0.3) is 0 Å². The second kappa shape index (κ2) is 8.40. The van der Waals surface area contributed by atoms with Gasteiger partial charge in [-0.15, -0.1) is 0 Å². The molecule has 1 amide bonds. The topological polar surface area (TPSA) is 97.8 Å². The first-order valence-electron chi connectivity index (χ1n) is 12.2. The number of benzene rings is 2. The van der Waals surface area contributed by atoms with Crippen LogP contribution < -0.4 is 0 Å². The van der Waals surface area contributed by atoms with E-state index in [4.69, 9.17) is 4.74 Å². The van der Waals surface area contributed by atoms with E-state index in [1.54, 1.807) is 69.3 Å². The van der Waals surface area contributed by atoms with Crippen LogP contribution >= 0.6 is 0 Å². The van der Waals surface area contributed by atoms with E-state index in [1.807, 2.05) is 0 Å². The molecular weight excluding hydrogens is 478 g/mol. The van der Waals surface area contributed by atoms with Crippen LogP contribution in [-0.4, -0.2) is 41.3 Å². The van der Waals surface area contributed by atoms with Crippen molar-refractivity contribution < 1.29 is 27.5 Å². The third kappa shape index (κ3) is 3.53. The van der Waals surface area contributed by atoms with Crippen molar-refractivity contribution in [1.29, 1.82) is 0 Å². The van der Waals surface area contributed by atoms with Crippen molar-refractivity contribution in [1.82, 2.24) is 4.90 Å². The van der Waals surface area contributed by atoms with Crippen LogP contribution in [-0.2, 0) is 24.2 Å². The van der Waals surface area contributed by atoms with Crippen molar-refractivity contribution in [2.75, 3.05) is 0 Å². The minimum atomic E-state index is -4.35. The van der Waals surface area contributed by atoms with Gasteiger partial charge in [0.2, 0.25) is 0 Å². The van der Waals surface area contributed by atoms with Gasteiger partial charge in [-0.05, 0) is 62.4 Å². The Bertz CT molecular complexity index is 1390. The molecule has 0 radical (unpaired) electrons. The fourth-order valence-electron chi connectivity index (χ4n) is 5.73. The first-order chi connectivity index (χ1) is 17.0. The molecule has 1 fully saturated rings. The van der Waals surface area contributed by atoms with E-state index in [9.17, 15) is 22.8 Å². The predicted octanol–water partition coefficient (Wildman–Crippen LogP) is 4.88. The normalized spacial score (nSPS) is 25.5. The van der Waals surface area contributed by atoms with E-state index in [1.165, 1.54) is 17.0 Å². The molecule has 5 rings (SSSR count). The highest BCUT2D eigenvalue weighted by atomic mass is 32.2. The molecule has 0 aromatic heterocycles. The third-order valence-electron chi connectivity index (χ3n) is 7.20. The molecule has 2 aromatic rings. The van der Waals surface area contributed by atoms with Gasteiger partial charge in [0.05, 0.1) is 10.9 Å². The molecule has 2 bridgehead atoms. The smallest absolute Gasteiger partial charge is 0.411 e. The molecule has 3 atom stereocenters. The average molecular weight is 508 g/mol. The van der Waals surface area contributed by atoms with Gasteiger partial charge < -0.3 is 4.74 Å². The quantitative estimate of drug-likeness (QED) is 0.585. The molecule has 3 aliphatic rings. The molecule has 188 valence electrons. The molecule has 36 heavy (non-hydrogen) atoms. The van der Waals surface area contributed by atoms with Crippen LogP contribution in [0.1, 0.15) is 69.7 Å². The molecule has 2 aromatic carbocycles. The number of sulfone groups is 1. The SMILES string of the molecule is CC(C)(C)OC(=O)N1C2C(=O)C(CC3=CCCCC3=O)(S(=O)(=O)c3ccccc3)C1c1ccccc12. The lowest BCUT2D eigenvalue weighted by atomic mass is 9.77. The second-order valence-corrected chi connectivity index (χ2v) is 12.8. The number of rotatable bonds is 4. The van der Waals surface area contributed by atoms with Crippen LogP contribution in [0.15, 0.2) is 71.1 Å². The molecule has 8 heteroatoms. The number of hydrogen-bond donors (Lipinski definition) is 0. The van der Waals surface area contributed by atoms with E-state index < -0.39 is 44.1 Å². The summed E-state index contributed by atoms with van der Waals surface area (Å²) in [5.41, 5.74) is 0.678. The van der Waals surface area contributed by atoms with Crippen molar-refractivity contribution >= 4 is 27.5 Å². The molecule has 0 spiro atoms. The van der Waals surface area contributed by atoms with Gasteiger partial charge in [0.15, 0.2) is 26.2 Å². The van der Waals surface area contributed by atoms with Gasteiger partial charge in [-0.25, -0.2) is 13.2 Å². The summed E-state index contributed by atoms with van der Waals surface area (Å²) in [6, 6.07) is 12.6. The van der Waals surface area contributed by atoms with Crippen LogP contribution in [0, 0.1) is 0 Å². The van der Waals surface area contributed by atoms with E-state index in [-0.39, 0.29) is 17.1 Å². The van der Waals surface area contributed by atoms with Gasteiger partial charge in [0, 0.05) is 12.8 Å². The summed E-state index contributed by atoms with van der Waals surface area (Å²) >= 11 is 0. The predicted molar refractivity (Wildman–Crippen MR) is 133 cm³/mol. The average Bonchev–Trinajstić information content (AvgIpc) is 3.31. The molecule has 2 aliphatic heterocycles. The second-order valence-electron chi connectivity index (χ2n) is 10.6. The maximum Gasteiger partial charge on any atom is 0.411 e. The van der Waals surface area contributed by atoms with Crippen LogP contribution in [0.3, 0.4) is 0 Å². The van der Waals surface area contributed by atoms with Gasteiger partial charge in [-0.1, -0.05) is 48.5 Å². The van der Waals surface area contributed by atoms with Crippen molar-refractivity contribution in [3.05, 3.63) is 77.4 Å². The Balaban J connectivity index is 1.77. The van der Waals surface area contributed by atoms with Gasteiger partial charge in [-0.3, -0.25) is 14.5 Å². The van der Waals surface area contributed by atoms with E-state index in [2.05, 4.69) is 0 Å². The number of fused-ring (bicyclic) bond motifs is 5. The number of ether oxygens (including phenoxy) is 1. The Morgan fingerprint density at radius 3 is 2.31 bits per heavy atom. The minimum Gasteiger partial charge on any atom is -0.444 e. The summed E-state index contributed by atoms with van der Waals surface area (Å²) in [6.07, 6.45) is 2.34. The fourth-order valence-corrected chi connectivity index (χ4v) is 7.92. The molecule has 7 nitrogen and oxygen atoms in total. The standard InChI is InChI=1S/C28H29NO6S/c1-27(2,3)35-26(32)29-23-20-14-8-9-15-21(20)24(29)28(25(23)31,17-18-11-7-10-16-22(18)30)36(33,34)19-12-5-4-6-13-19/h4-6,8-9,11-15,23-24H,7,10,16-17H2,1-3H3. The van der Waals surface area contributed by atoms with E-state index in [0.29, 0.717) is 36.0 Å². The zero-order chi connectivity index (χ0) is 25.9. The number of carbonyl (C=O) groups excluding carboxylic acids is 3. The van der Waals surface area contributed by atoms with Gasteiger partial charge in [-0.2, -0.15) is 0 Å². The molecule has 1 saturated heterocycles. The first kappa shape index (κ1) is 24.4. The monoisotopic (exact) mass is 507 g/mol. The lowest BCUT2D eigenvalue weighted by molar-refractivity contribution is -0.122. The highest BCUT2D eigenvalue weighted by molar-refractivity contribution is 7.93. The Labute approximate surface area is 211 Å². The molecule has 2 heterocycles. The fraction of sp³-hybridized carbons (Fsp3) is 0.393. The summed E-state index contributed by atoms with van der Waals surface area (Å²) in [6.45, 7) is 5.16. The Morgan fingerprint density at radius 2 is 1.67 bits per heavy atom. The van der Waals surface area contributed by atoms with Crippen LogP contribution in [0.5, 0.6) is 0 Å².